The van der Waals surface area contributed by atoms with Crippen molar-refractivity contribution in [1.29, 1.82) is 0 Å². The Labute approximate surface area is 114 Å². The largest absolute Gasteiger partial charge is 0.418 e. The van der Waals surface area contributed by atoms with Gasteiger partial charge in [0.25, 0.3) is 0 Å². The Morgan fingerprint density at radius 2 is 1.74 bits per heavy atom. The van der Waals surface area contributed by atoms with Gasteiger partial charge in [0, 0.05) is 11.6 Å². The Balaban J connectivity index is 2.33. The maximum atomic E-state index is 12.8. The zero-order chi connectivity index (χ0) is 13.9. The van der Waals surface area contributed by atoms with Crippen molar-refractivity contribution in [2.75, 3.05) is 5.32 Å². The molecular weight excluding hydrogens is 275 g/mol. The van der Waals surface area contributed by atoms with Gasteiger partial charge >= 0.3 is 6.18 Å². The number of anilines is 2. The first kappa shape index (κ1) is 13.7. The summed E-state index contributed by atoms with van der Waals surface area (Å²) in [5.74, 6) is 0.316. The molecule has 0 heterocycles. The van der Waals surface area contributed by atoms with E-state index in [0.717, 1.165) is 11.6 Å². The van der Waals surface area contributed by atoms with Gasteiger partial charge in [-0.2, -0.15) is 13.2 Å². The molecule has 2 rings (SSSR count). The van der Waals surface area contributed by atoms with Gasteiger partial charge in [0.05, 0.1) is 11.3 Å². The molecule has 2 aromatic carbocycles. The molecule has 0 saturated heterocycles. The van der Waals surface area contributed by atoms with Crippen LogP contribution in [0.3, 0.4) is 0 Å². The minimum Gasteiger partial charge on any atom is -0.355 e. The second kappa shape index (κ2) is 5.53. The fourth-order valence-corrected chi connectivity index (χ4v) is 1.89. The third-order valence-corrected chi connectivity index (χ3v) is 2.90. The molecule has 100 valence electrons. The van der Waals surface area contributed by atoms with Gasteiger partial charge in [0.1, 0.15) is 0 Å². The van der Waals surface area contributed by atoms with E-state index in [1.165, 1.54) is 12.1 Å². The number of benzene rings is 2. The van der Waals surface area contributed by atoms with Gasteiger partial charge in [-0.05, 0) is 29.8 Å². The Kier molecular flexibility index (Phi) is 4.00. The van der Waals surface area contributed by atoms with Crippen LogP contribution in [0, 0.1) is 0 Å². The van der Waals surface area contributed by atoms with Gasteiger partial charge < -0.3 is 5.32 Å². The molecule has 0 fully saturated rings. The molecule has 5 heteroatoms. The number of hydrogen-bond acceptors (Lipinski definition) is 1. The van der Waals surface area contributed by atoms with Crippen molar-refractivity contribution in [2.24, 2.45) is 0 Å². The smallest absolute Gasteiger partial charge is 0.355 e. The highest BCUT2D eigenvalue weighted by Crippen LogP contribution is 2.35. The lowest BCUT2D eigenvalue weighted by Crippen LogP contribution is -2.08. The molecule has 0 saturated carbocycles. The van der Waals surface area contributed by atoms with Gasteiger partial charge in [0.15, 0.2) is 0 Å². The van der Waals surface area contributed by atoms with Crippen molar-refractivity contribution in [3.8, 4) is 0 Å². The van der Waals surface area contributed by atoms with Crippen molar-refractivity contribution in [1.82, 2.24) is 0 Å². The normalized spacial score (nSPS) is 11.4. The van der Waals surface area contributed by atoms with Crippen LogP contribution in [-0.4, -0.2) is 0 Å². The van der Waals surface area contributed by atoms with E-state index in [2.05, 4.69) is 5.32 Å². The highest BCUT2D eigenvalue weighted by atomic mass is 35.5. The molecule has 0 spiro atoms. The Morgan fingerprint density at radius 1 is 1.00 bits per heavy atom. The fraction of sp³-hybridized carbons (Fsp3) is 0.143. The molecule has 1 nitrogen and oxygen atoms in total. The molecule has 2 aromatic rings. The average molecular weight is 286 g/mol. The molecule has 0 aliphatic heterocycles. The lowest BCUT2D eigenvalue weighted by atomic mass is 10.1. The molecular formula is C14H11ClF3N. The van der Waals surface area contributed by atoms with Crippen LogP contribution in [0.15, 0.2) is 48.5 Å². The number of para-hydroxylation sites is 1. The Hall–Kier alpha value is -1.68. The highest BCUT2D eigenvalue weighted by Gasteiger charge is 2.33. The van der Waals surface area contributed by atoms with E-state index in [4.69, 9.17) is 11.6 Å². The predicted octanol–water partition coefficient (Wildman–Crippen LogP) is 5.19. The summed E-state index contributed by atoms with van der Waals surface area (Å²) >= 11 is 5.70. The number of hydrogen-bond donors (Lipinski definition) is 1. The molecule has 0 aliphatic carbocycles. The van der Waals surface area contributed by atoms with Crippen LogP contribution >= 0.6 is 11.6 Å². The quantitative estimate of drug-likeness (QED) is 0.766. The van der Waals surface area contributed by atoms with E-state index >= 15 is 0 Å². The van der Waals surface area contributed by atoms with E-state index in [1.807, 2.05) is 6.07 Å². The van der Waals surface area contributed by atoms with Crippen molar-refractivity contribution in [2.45, 2.75) is 12.1 Å². The molecule has 1 N–H and O–H groups in total. The first-order valence-electron chi connectivity index (χ1n) is 5.59. The van der Waals surface area contributed by atoms with E-state index in [-0.39, 0.29) is 5.69 Å². The first-order valence-corrected chi connectivity index (χ1v) is 6.12. The van der Waals surface area contributed by atoms with Gasteiger partial charge in [-0.3, -0.25) is 0 Å². The lowest BCUT2D eigenvalue weighted by Gasteiger charge is -2.14. The fourth-order valence-electron chi connectivity index (χ4n) is 1.73. The van der Waals surface area contributed by atoms with Crippen molar-refractivity contribution in [3.05, 3.63) is 59.7 Å². The van der Waals surface area contributed by atoms with Crippen LogP contribution in [0.5, 0.6) is 0 Å². The summed E-state index contributed by atoms with van der Waals surface area (Å²) in [5, 5.41) is 2.78. The van der Waals surface area contributed by atoms with Crippen LogP contribution in [-0.2, 0) is 12.1 Å². The predicted molar refractivity (Wildman–Crippen MR) is 70.7 cm³/mol. The van der Waals surface area contributed by atoms with Crippen LogP contribution in [0.2, 0.25) is 0 Å². The van der Waals surface area contributed by atoms with Gasteiger partial charge in [-0.1, -0.05) is 24.3 Å². The minimum atomic E-state index is -4.38. The second-order valence-corrected chi connectivity index (χ2v) is 4.27. The van der Waals surface area contributed by atoms with E-state index in [9.17, 15) is 13.2 Å². The monoisotopic (exact) mass is 285 g/mol. The number of alkyl halides is 4. The van der Waals surface area contributed by atoms with Crippen molar-refractivity contribution < 1.29 is 13.2 Å². The molecule has 0 unspecified atom stereocenters. The van der Waals surface area contributed by atoms with Crippen LogP contribution in [0.1, 0.15) is 11.1 Å². The van der Waals surface area contributed by atoms with Gasteiger partial charge in [-0.15, -0.1) is 11.6 Å². The number of halogens is 4. The summed E-state index contributed by atoms with van der Waals surface area (Å²) in [5.41, 5.74) is 0.763. The molecule has 0 aliphatic rings. The zero-order valence-corrected chi connectivity index (χ0v) is 10.6. The third-order valence-electron chi connectivity index (χ3n) is 2.59. The van der Waals surface area contributed by atoms with Gasteiger partial charge in [0.2, 0.25) is 0 Å². The molecule has 0 radical (unpaired) electrons. The number of rotatable bonds is 3. The van der Waals surface area contributed by atoms with Gasteiger partial charge in [-0.25, -0.2) is 0 Å². The number of nitrogens with one attached hydrogen (secondary N) is 1. The summed E-state index contributed by atoms with van der Waals surface area (Å²) in [6.45, 7) is 0. The maximum absolute atomic E-state index is 12.8. The van der Waals surface area contributed by atoms with Crippen LogP contribution in [0.25, 0.3) is 0 Å². The molecule has 0 bridgehead atoms. The summed E-state index contributed by atoms with van der Waals surface area (Å²) in [4.78, 5) is 0. The third kappa shape index (κ3) is 3.41. The standard InChI is InChI=1S/C14H11ClF3N/c15-9-10-4-3-5-11(8-10)19-13-7-2-1-6-12(13)14(16,17)18/h1-8,19H,9H2. The Morgan fingerprint density at radius 3 is 2.42 bits per heavy atom. The Bertz CT molecular complexity index is 567. The van der Waals surface area contributed by atoms with Crippen molar-refractivity contribution >= 4 is 23.0 Å². The SMILES string of the molecule is FC(F)(F)c1ccccc1Nc1cccc(CCl)c1. The van der Waals surface area contributed by atoms with E-state index in [1.54, 1.807) is 24.3 Å². The average Bonchev–Trinajstić information content (AvgIpc) is 2.38. The summed E-state index contributed by atoms with van der Waals surface area (Å²) in [6.07, 6.45) is -4.38. The topological polar surface area (TPSA) is 12.0 Å². The maximum Gasteiger partial charge on any atom is 0.418 e. The van der Waals surface area contributed by atoms with Crippen LogP contribution in [0.4, 0.5) is 24.5 Å². The lowest BCUT2D eigenvalue weighted by molar-refractivity contribution is -0.136. The first-order chi connectivity index (χ1) is 9.00. The molecule has 0 amide bonds. The molecule has 19 heavy (non-hydrogen) atoms. The second-order valence-electron chi connectivity index (χ2n) is 4.00. The van der Waals surface area contributed by atoms with E-state index < -0.39 is 11.7 Å². The molecule has 0 atom stereocenters. The summed E-state index contributed by atoms with van der Waals surface area (Å²) in [7, 11) is 0. The highest BCUT2D eigenvalue weighted by molar-refractivity contribution is 6.17. The minimum absolute atomic E-state index is 0.0294. The summed E-state index contributed by atoms with van der Waals surface area (Å²) < 4.78 is 38.5. The van der Waals surface area contributed by atoms with Crippen LogP contribution < -0.4 is 5.32 Å². The summed E-state index contributed by atoms with van der Waals surface area (Å²) in [6, 6.07) is 12.4. The molecule has 0 aromatic heterocycles. The zero-order valence-electron chi connectivity index (χ0n) is 9.84. The van der Waals surface area contributed by atoms with Crippen molar-refractivity contribution in [3.63, 3.8) is 0 Å². The van der Waals surface area contributed by atoms with E-state index in [0.29, 0.717) is 11.6 Å².